The molecule has 1 aliphatic heterocycles. The van der Waals surface area contributed by atoms with Crippen molar-refractivity contribution in [2.24, 2.45) is 0 Å². The molecule has 0 amide bonds. The fourth-order valence-electron chi connectivity index (χ4n) is 1.68. The average Bonchev–Trinajstić information content (AvgIpc) is 2.58. The van der Waals surface area contributed by atoms with Crippen LogP contribution in [0.1, 0.15) is 18.0 Å². The second-order valence-corrected chi connectivity index (χ2v) is 4.19. The highest BCUT2D eigenvalue weighted by molar-refractivity contribution is 7.07. The molecule has 12 heavy (non-hydrogen) atoms. The van der Waals surface area contributed by atoms with E-state index in [0.29, 0.717) is 5.92 Å². The summed E-state index contributed by atoms with van der Waals surface area (Å²) in [7, 11) is 2.12. The molecule has 66 valence electrons. The SMILES string of the molecule is CN1CCC(c2csc(=O)[nH]2)C1. The fourth-order valence-corrected chi connectivity index (χ4v) is 2.34. The van der Waals surface area contributed by atoms with Gasteiger partial charge in [-0.2, -0.15) is 0 Å². The lowest BCUT2D eigenvalue weighted by Crippen LogP contribution is -2.13. The van der Waals surface area contributed by atoms with Crippen molar-refractivity contribution in [3.05, 3.63) is 20.7 Å². The number of nitrogens with one attached hydrogen (secondary N) is 1. The third-order valence-electron chi connectivity index (χ3n) is 2.37. The number of hydrogen-bond donors (Lipinski definition) is 1. The minimum atomic E-state index is 0.0690. The molecule has 3 nitrogen and oxygen atoms in total. The van der Waals surface area contributed by atoms with Crippen LogP contribution in [0.15, 0.2) is 10.2 Å². The van der Waals surface area contributed by atoms with Crippen LogP contribution < -0.4 is 4.87 Å². The molecule has 0 radical (unpaired) electrons. The lowest BCUT2D eigenvalue weighted by atomic mass is 10.1. The summed E-state index contributed by atoms with van der Waals surface area (Å²) in [6.45, 7) is 2.22. The van der Waals surface area contributed by atoms with E-state index >= 15 is 0 Å². The van der Waals surface area contributed by atoms with Crippen molar-refractivity contribution >= 4 is 11.3 Å². The maximum absolute atomic E-state index is 10.9. The van der Waals surface area contributed by atoms with Crippen molar-refractivity contribution in [1.29, 1.82) is 0 Å². The number of aromatic nitrogens is 1. The molecule has 2 heterocycles. The molecule has 0 bridgehead atoms. The van der Waals surface area contributed by atoms with Gasteiger partial charge in [-0.1, -0.05) is 11.3 Å². The molecule has 1 unspecified atom stereocenters. The van der Waals surface area contributed by atoms with E-state index in [-0.39, 0.29) is 4.87 Å². The largest absolute Gasteiger partial charge is 0.316 e. The summed E-state index contributed by atoms with van der Waals surface area (Å²) in [4.78, 5) is 16.1. The Labute approximate surface area is 75.0 Å². The molecular weight excluding hydrogens is 172 g/mol. The maximum atomic E-state index is 10.9. The Bertz CT molecular complexity index is 317. The summed E-state index contributed by atoms with van der Waals surface area (Å²) in [5.74, 6) is 0.550. The highest BCUT2D eigenvalue weighted by Gasteiger charge is 2.21. The number of nitrogens with zero attached hydrogens (tertiary/aromatic N) is 1. The third kappa shape index (κ3) is 1.44. The Hall–Kier alpha value is -0.610. The molecule has 2 rings (SSSR count). The summed E-state index contributed by atoms with van der Waals surface area (Å²) < 4.78 is 0. The van der Waals surface area contributed by atoms with Crippen molar-refractivity contribution < 1.29 is 0 Å². The van der Waals surface area contributed by atoms with Gasteiger partial charge in [-0.15, -0.1) is 0 Å². The van der Waals surface area contributed by atoms with Gasteiger partial charge in [-0.3, -0.25) is 4.79 Å². The Morgan fingerprint density at radius 2 is 2.58 bits per heavy atom. The van der Waals surface area contributed by atoms with Gasteiger partial charge in [-0.25, -0.2) is 0 Å². The van der Waals surface area contributed by atoms with Gasteiger partial charge in [0.1, 0.15) is 0 Å². The van der Waals surface area contributed by atoms with Crippen LogP contribution in [0.5, 0.6) is 0 Å². The molecule has 0 aromatic carbocycles. The first-order chi connectivity index (χ1) is 5.75. The van der Waals surface area contributed by atoms with E-state index in [1.165, 1.54) is 17.8 Å². The Kier molecular flexibility index (Phi) is 2.02. The first-order valence-corrected chi connectivity index (χ1v) is 5.00. The summed E-state index contributed by atoms with van der Waals surface area (Å²) in [5.41, 5.74) is 1.12. The van der Waals surface area contributed by atoms with Gasteiger partial charge in [0, 0.05) is 23.5 Å². The lowest BCUT2D eigenvalue weighted by Gasteiger charge is -2.07. The Morgan fingerprint density at radius 1 is 1.75 bits per heavy atom. The molecule has 0 aliphatic carbocycles. The second-order valence-electron chi connectivity index (χ2n) is 3.35. The summed E-state index contributed by atoms with van der Waals surface area (Å²) in [6, 6.07) is 0. The van der Waals surface area contributed by atoms with Crippen LogP contribution in [0.2, 0.25) is 0 Å². The average molecular weight is 184 g/mol. The summed E-state index contributed by atoms with van der Waals surface area (Å²) in [6.07, 6.45) is 1.17. The van der Waals surface area contributed by atoms with Gasteiger partial charge >= 0.3 is 4.87 Å². The van der Waals surface area contributed by atoms with Crippen LogP contribution in [0.25, 0.3) is 0 Å². The monoisotopic (exact) mass is 184 g/mol. The number of thiazole rings is 1. The summed E-state index contributed by atoms with van der Waals surface area (Å²) in [5, 5.41) is 1.95. The van der Waals surface area contributed by atoms with Crippen LogP contribution in [-0.2, 0) is 0 Å². The van der Waals surface area contributed by atoms with Gasteiger partial charge in [-0.05, 0) is 20.0 Å². The highest BCUT2D eigenvalue weighted by atomic mass is 32.1. The van der Waals surface area contributed by atoms with E-state index in [4.69, 9.17) is 0 Å². The van der Waals surface area contributed by atoms with E-state index < -0.39 is 0 Å². The predicted molar refractivity (Wildman–Crippen MR) is 49.8 cm³/mol. The first-order valence-electron chi connectivity index (χ1n) is 4.12. The van der Waals surface area contributed by atoms with Crippen molar-refractivity contribution in [3.63, 3.8) is 0 Å². The number of likely N-dealkylation sites (tertiary alicyclic amines) is 1. The highest BCUT2D eigenvalue weighted by Crippen LogP contribution is 2.24. The molecule has 1 aromatic heterocycles. The van der Waals surface area contributed by atoms with E-state index in [1.54, 1.807) is 0 Å². The molecule has 1 atom stereocenters. The maximum Gasteiger partial charge on any atom is 0.304 e. The predicted octanol–water partition coefficient (Wildman–Crippen LogP) is 0.855. The zero-order chi connectivity index (χ0) is 8.55. The van der Waals surface area contributed by atoms with Crippen LogP contribution in [0.3, 0.4) is 0 Å². The number of H-pyrrole nitrogens is 1. The van der Waals surface area contributed by atoms with E-state index in [0.717, 1.165) is 18.8 Å². The molecule has 0 saturated carbocycles. The standard InChI is InChI=1S/C8H12N2OS/c1-10-3-2-6(4-10)7-5-12-8(11)9-7/h5-6H,2-4H2,1H3,(H,9,11). The lowest BCUT2D eigenvalue weighted by molar-refractivity contribution is 0.411. The normalized spacial score (nSPS) is 24.9. The Morgan fingerprint density at radius 3 is 3.08 bits per heavy atom. The van der Waals surface area contributed by atoms with Crippen molar-refractivity contribution in [1.82, 2.24) is 9.88 Å². The van der Waals surface area contributed by atoms with E-state index in [2.05, 4.69) is 16.9 Å². The molecule has 4 heteroatoms. The van der Waals surface area contributed by atoms with Gasteiger partial charge in [0.25, 0.3) is 0 Å². The van der Waals surface area contributed by atoms with Gasteiger partial charge in [0.05, 0.1) is 0 Å². The van der Waals surface area contributed by atoms with Gasteiger partial charge in [0.15, 0.2) is 0 Å². The number of hydrogen-bond acceptors (Lipinski definition) is 3. The first kappa shape index (κ1) is 8.01. The third-order valence-corrected chi connectivity index (χ3v) is 3.06. The molecule has 1 aliphatic rings. The molecule has 1 aromatic rings. The van der Waals surface area contributed by atoms with E-state index in [9.17, 15) is 4.79 Å². The van der Waals surface area contributed by atoms with Crippen molar-refractivity contribution in [3.8, 4) is 0 Å². The van der Waals surface area contributed by atoms with Gasteiger partial charge in [0.2, 0.25) is 0 Å². The molecular formula is C8H12N2OS. The minimum Gasteiger partial charge on any atom is -0.316 e. The number of likely N-dealkylation sites (N-methyl/N-ethyl adjacent to an activating group) is 1. The Balaban J connectivity index is 2.16. The van der Waals surface area contributed by atoms with Crippen molar-refractivity contribution in [2.75, 3.05) is 20.1 Å². The van der Waals surface area contributed by atoms with Gasteiger partial charge < -0.3 is 9.88 Å². The molecule has 1 N–H and O–H groups in total. The number of rotatable bonds is 1. The van der Waals surface area contributed by atoms with E-state index in [1.807, 2.05) is 5.38 Å². The fraction of sp³-hybridized carbons (Fsp3) is 0.625. The number of aromatic amines is 1. The van der Waals surface area contributed by atoms with Crippen LogP contribution in [0, 0.1) is 0 Å². The minimum absolute atomic E-state index is 0.0690. The quantitative estimate of drug-likeness (QED) is 0.702. The zero-order valence-electron chi connectivity index (χ0n) is 7.04. The smallest absolute Gasteiger partial charge is 0.304 e. The van der Waals surface area contributed by atoms with Crippen LogP contribution in [-0.4, -0.2) is 30.0 Å². The zero-order valence-corrected chi connectivity index (χ0v) is 7.86. The van der Waals surface area contributed by atoms with Crippen LogP contribution >= 0.6 is 11.3 Å². The molecule has 1 saturated heterocycles. The second kappa shape index (κ2) is 3.03. The molecule has 1 fully saturated rings. The topological polar surface area (TPSA) is 36.1 Å². The van der Waals surface area contributed by atoms with Crippen molar-refractivity contribution in [2.45, 2.75) is 12.3 Å². The van der Waals surface area contributed by atoms with Crippen LogP contribution in [0.4, 0.5) is 0 Å². The molecule has 0 spiro atoms. The summed E-state index contributed by atoms with van der Waals surface area (Å²) >= 11 is 1.26.